The number of methoxy groups -OCH3 is 1. The largest absolute Gasteiger partial charge is 0.497 e. The van der Waals surface area contributed by atoms with Crippen molar-refractivity contribution >= 4 is 27.0 Å². The summed E-state index contributed by atoms with van der Waals surface area (Å²) in [5, 5.41) is 17.9. The van der Waals surface area contributed by atoms with Crippen molar-refractivity contribution in [3.05, 3.63) is 82.9 Å². The van der Waals surface area contributed by atoms with Crippen molar-refractivity contribution in [1.82, 2.24) is 19.3 Å². The normalized spacial score (nSPS) is 14.9. The molecule has 1 aromatic heterocycles. The molecular weight excluding hydrogens is 480 g/mol. The molecular formula is C26H26N4O5S. The highest BCUT2D eigenvalue weighted by atomic mass is 32.2. The number of carbonyl (C=O) groups is 1. The molecule has 3 aromatic carbocycles. The second-order valence-electron chi connectivity index (χ2n) is 8.86. The summed E-state index contributed by atoms with van der Waals surface area (Å²) in [6.45, 7) is 0.530. The first-order valence-corrected chi connectivity index (χ1v) is 13.0. The average molecular weight is 507 g/mol. The molecule has 2 heterocycles. The molecule has 0 amide bonds. The summed E-state index contributed by atoms with van der Waals surface area (Å²) in [7, 11) is -0.348. The standard InChI is InChI=1S/C26H26N4O5S/c1-29-25-11-6-17(14-24(25)27-28-29)23(15-26(31)32)22-5-3-4-18-16-30(13-12-21(18)22)36(33,34)20-9-7-19(35-2)8-10-20/h3-11,14,23H,12-13,15-16H2,1-2H3,(H,31,32). The third-order valence-electron chi connectivity index (χ3n) is 6.76. The second-order valence-corrected chi connectivity index (χ2v) is 10.8. The van der Waals surface area contributed by atoms with Gasteiger partial charge in [-0.2, -0.15) is 4.31 Å². The van der Waals surface area contributed by atoms with Crippen molar-refractivity contribution < 1.29 is 23.1 Å². The Balaban J connectivity index is 1.49. The van der Waals surface area contributed by atoms with Crippen LogP contribution in [0.1, 0.15) is 34.6 Å². The van der Waals surface area contributed by atoms with Crippen molar-refractivity contribution in [3.63, 3.8) is 0 Å². The van der Waals surface area contributed by atoms with Crippen LogP contribution in [0.3, 0.4) is 0 Å². The Hall–Kier alpha value is -3.76. The number of aryl methyl sites for hydroxylation is 1. The number of rotatable bonds is 7. The van der Waals surface area contributed by atoms with E-state index in [2.05, 4.69) is 10.3 Å². The van der Waals surface area contributed by atoms with Gasteiger partial charge in [0.25, 0.3) is 0 Å². The number of sulfonamides is 1. The molecule has 0 aliphatic carbocycles. The van der Waals surface area contributed by atoms with E-state index in [0.717, 1.165) is 27.8 Å². The lowest BCUT2D eigenvalue weighted by Crippen LogP contribution is -2.36. The molecule has 36 heavy (non-hydrogen) atoms. The van der Waals surface area contributed by atoms with Gasteiger partial charge in [0.2, 0.25) is 10.0 Å². The van der Waals surface area contributed by atoms with Gasteiger partial charge in [0.05, 0.1) is 23.9 Å². The molecule has 5 rings (SSSR count). The zero-order chi connectivity index (χ0) is 25.4. The first kappa shape index (κ1) is 24.0. The van der Waals surface area contributed by atoms with E-state index in [4.69, 9.17) is 4.74 Å². The fourth-order valence-electron chi connectivity index (χ4n) is 4.90. The Labute approximate surface area is 209 Å². The molecule has 0 radical (unpaired) electrons. The molecule has 0 saturated carbocycles. The lowest BCUT2D eigenvalue weighted by atomic mass is 9.82. The van der Waals surface area contributed by atoms with Gasteiger partial charge in [-0.1, -0.05) is 29.5 Å². The zero-order valence-electron chi connectivity index (χ0n) is 20.0. The molecule has 0 spiro atoms. The van der Waals surface area contributed by atoms with Crippen LogP contribution in [0, 0.1) is 0 Å². The van der Waals surface area contributed by atoms with Gasteiger partial charge >= 0.3 is 5.97 Å². The molecule has 1 N–H and O–H groups in total. The molecule has 1 atom stereocenters. The maximum absolute atomic E-state index is 13.3. The molecule has 4 aromatic rings. The van der Waals surface area contributed by atoms with Crippen LogP contribution < -0.4 is 4.74 Å². The lowest BCUT2D eigenvalue weighted by molar-refractivity contribution is -0.137. The quantitative estimate of drug-likeness (QED) is 0.409. The van der Waals surface area contributed by atoms with Gasteiger partial charge in [0.1, 0.15) is 11.3 Å². The van der Waals surface area contributed by atoms with Crippen LogP contribution in [0.4, 0.5) is 0 Å². The minimum Gasteiger partial charge on any atom is -0.497 e. The molecule has 186 valence electrons. The molecule has 1 unspecified atom stereocenters. The summed E-state index contributed by atoms with van der Waals surface area (Å²) in [4.78, 5) is 12.1. The Morgan fingerprint density at radius 2 is 1.92 bits per heavy atom. The highest BCUT2D eigenvalue weighted by molar-refractivity contribution is 7.89. The molecule has 9 nitrogen and oxygen atoms in total. The number of hydrogen-bond donors (Lipinski definition) is 1. The molecule has 10 heteroatoms. The van der Waals surface area contributed by atoms with E-state index in [-0.39, 0.29) is 17.9 Å². The molecule has 1 aliphatic rings. The second kappa shape index (κ2) is 9.36. The molecule has 0 bridgehead atoms. The summed E-state index contributed by atoms with van der Waals surface area (Å²) in [5.74, 6) is -0.711. The van der Waals surface area contributed by atoms with Gasteiger partial charge in [-0.3, -0.25) is 4.79 Å². The highest BCUT2D eigenvalue weighted by Gasteiger charge is 2.31. The number of hydrogen-bond acceptors (Lipinski definition) is 6. The minimum atomic E-state index is -3.69. The summed E-state index contributed by atoms with van der Waals surface area (Å²) >= 11 is 0. The zero-order valence-corrected chi connectivity index (χ0v) is 20.8. The number of aliphatic carboxylic acids is 1. The number of nitrogens with zero attached hydrogens (tertiary/aromatic N) is 4. The Kier molecular flexibility index (Phi) is 6.23. The van der Waals surface area contributed by atoms with Crippen molar-refractivity contribution in [1.29, 1.82) is 0 Å². The molecule has 0 fully saturated rings. The smallest absolute Gasteiger partial charge is 0.304 e. The van der Waals surface area contributed by atoms with Gasteiger partial charge in [-0.05, 0) is 65.1 Å². The summed E-state index contributed by atoms with van der Waals surface area (Å²) in [5.41, 5.74) is 5.19. The first-order valence-electron chi connectivity index (χ1n) is 11.5. The predicted molar refractivity (Wildman–Crippen MR) is 133 cm³/mol. The van der Waals surface area contributed by atoms with E-state index >= 15 is 0 Å². The van der Waals surface area contributed by atoms with Gasteiger partial charge in [0, 0.05) is 26.1 Å². The lowest BCUT2D eigenvalue weighted by Gasteiger charge is -2.31. The fraction of sp³-hybridized carbons (Fsp3) is 0.269. The van der Waals surface area contributed by atoms with E-state index in [1.807, 2.05) is 43.4 Å². The topological polar surface area (TPSA) is 115 Å². The Morgan fingerprint density at radius 1 is 1.14 bits per heavy atom. The van der Waals surface area contributed by atoms with Crippen LogP contribution in [0.2, 0.25) is 0 Å². The summed E-state index contributed by atoms with van der Waals surface area (Å²) in [6, 6.07) is 17.8. The fourth-order valence-corrected chi connectivity index (χ4v) is 6.32. The Morgan fingerprint density at radius 3 is 2.64 bits per heavy atom. The van der Waals surface area contributed by atoms with E-state index in [9.17, 15) is 18.3 Å². The Bertz CT molecular complexity index is 1550. The van der Waals surface area contributed by atoms with Gasteiger partial charge < -0.3 is 9.84 Å². The first-order chi connectivity index (χ1) is 17.3. The SMILES string of the molecule is COc1ccc(S(=O)(=O)N2CCc3c(cccc3C(CC(=O)O)c3ccc4c(c3)nnn4C)C2)cc1. The van der Waals surface area contributed by atoms with Crippen LogP contribution >= 0.6 is 0 Å². The maximum Gasteiger partial charge on any atom is 0.304 e. The maximum atomic E-state index is 13.3. The van der Waals surface area contributed by atoms with Crippen LogP contribution in [-0.2, 0) is 34.8 Å². The predicted octanol–water partition coefficient (Wildman–Crippen LogP) is 3.33. The van der Waals surface area contributed by atoms with E-state index < -0.39 is 21.9 Å². The van der Waals surface area contributed by atoms with Crippen LogP contribution in [0.25, 0.3) is 11.0 Å². The van der Waals surface area contributed by atoms with E-state index in [1.54, 1.807) is 28.9 Å². The van der Waals surface area contributed by atoms with Crippen molar-refractivity contribution in [2.75, 3.05) is 13.7 Å². The summed E-state index contributed by atoms with van der Waals surface area (Å²) in [6.07, 6.45) is 0.403. The number of carboxylic acid groups (broad SMARTS) is 1. The van der Waals surface area contributed by atoms with Gasteiger partial charge in [-0.15, -0.1) is 5.10 Å². The highest BCUT2D eigenvalue weighted by Crippen LogP contribution is 2.36. The monoisotopic (exact) mass is 506 g/mol. The van der Waals surface area contributed by atoms with Crippen LogP contribution in [0.15, 0.2) is 65.6 Å². The molecule has 1 aliphatic heterocycles. The van der Waals surface area contributed by atoms with Crippen LogP contribution in [0.5, 0.6) is 5.75 Å². The number of ether oxygens (including phenoxy) is 1. The van der Waals surface area contributed by atoms with Gasteiger partial charge in [-0.25, -0.2) is 13.1 Å². The van der Waals surface area contributed by atoms with Crippen molar-refractivity contribution in [2.24, 2.45) is 7.05 Å². The molecule has 0 saturated heterocycles. The third kappa shape index (κ3) is 4.33. The van der Waals surface area contributed by atoms with Crippen LogP contribution in [-0.4, -0.2) is 52.4 Å². The number of aromatic nitrogens is 3. The average Bonchev–Trinajstić information content (AvgIpc) is 3.26. The van der Waals surface area contributed by atoms with Crippen molar-refractivity contribution in [2.45, 2.75) is 30.2 Å². The van der Waals surface area contributed by atoms with E-state index in [1.165, 1.54) is 11.4 Å². The number of fused-ring (bicyclic) bond motifs is 2. The minimum absolute atomic E-state index is 0.0872. The van der Waals surface area contributed by atoms with Crippen molar-refractivity contribution in [3.8, 4) is 5.75 Å². The third-order valence-corrected chi connectivity index (χ3v) is 8.62. The number of carboxylic acids is 1. The van der Waals surface area contributed by atoms with E-state index in [0.29, 0.717) is 24.2 Å². The summed E-state index contributed by atoms with van der Waals surface area (Å²) < 4.78 is 34.9. The number of benzene rings is 3. The van der Waals surface area contributed by atoms with Gasteiger partial charge in [0.15, 0.2) is 0 Å².